The number of anilines is 2. The van der Waals surface area contributed by atoms with E-state index in [1.807, 2.05) is 12.1 Å². The van der Waals surface area contributed by atoms with Crippen molar-refractivity contribution in [3.8, 4) is 0 Å². The minimum absolute atomic E-state index is 0.00776. The van der Waals surface area contributed by atoms with Crippen molar-refractivity contribution < 1.29 is 9.59 Å². The van der Waals surface area contributed by atoms with Gasteiger partial charge in [0.25, 0.3) is 0 Å². The van der Waals surface area contributed by atoms with Gasteiger partial charge in [0, 0.05) is 22.3 Å². The maximum absolute atomic E-state index is 12.5. The number of carbonyl (C=O) groups is 2. The predicted octanol–water partition coefficient (Wildman–Crippen LogP) is 3.63. The van der Waals surface area contributed by atoms with Gasteiger partial charge < -0.3 is 16.0 Å². The zero-order chi connectivity index (χ0) is 17.2. The van der Waals surface area contributed by atoms with E-state index in [2.05, 4.69) is 28.1 Å². The Kier molecular flexibility index (Phi) is 4.36. The van der Waals surface area contributed by atoms with Gasteiger partial charge in [-0.3, -0.25) is 4.79 Å². The lowest BCUT2D eigenvalue weighted by atomic mass is 10.1. The Balaban J connectivity index is 1.32. The Hall–Kier alpha value is -2.47. The second kappa shape index (κ2) is 6.80. The molecule has 0 saturated heterocycles. The molecule has 1 aliphatic heterocycles. The number of rotatable bonds is 4. The van der Waals surface area contributed by atoms with Gasteiger partial charge in [-0.15, -0.1) is 11.8 Å². The Morgan fingerprint density at radius 3 is 2.28 bits per heavy atom. The monoisotopic (exact) mass is 353 g/mol. The van der Waals surface area contributed by atoms with E-state index in [0.29, 0.717) is 11.7 Å². The Morgan fingerprint density at radius 1 is 0.920 bits per heavy atom. The van der Waals surface area contributed by atoms with Crippen LogP contribution >= 0.6 is 11.8 Å². The minimum atomic E-state index is -0.181. The summed E-state index contributed by atoms with van der Waals surface area (Å²) < 4.78 is 0. The lowest BCUT2D eigenvalue weighted by Gasteiger charge is -2.11. The molecule has 1 unspecified atom stereocenters. The second-order valence-corrected chi connectivity index (χ2v) is 7.60. The largest absolute Gasteiger partial charge is 0.335 e. The van der Waals surface area contributed by atoms with E-state index < -0.39 is 0 Å². The summed E-state index contributed by atoms with van der Waals surface area (Å²) in [5.41, 5.74) is 2.67. The van der Waals surface area contributed by atoms with Gasteiger partial charge in [-0.1, -0.05) is 18.2 Å². The van der Waals surface area contributed by atoms with Gasteiger partial charge in [0.1, 0.15) is 0 Å². The summed E-state index contributed by atoms with van der Waals surface area (Å²) in [6.45, 7) is 0. The summed E-state index contributed by atoms with van der Waals surface area (Å²) in [7, 11) is 0. The van der Waals surface area contributed by atoms with Crippen LogP contribution in [0.3, 0.4) is 0 Å². The third-order valence-electron chi connectivity index (χ3n) is 4.26. The van der Waals surface area contributed by atoms with Gasteiger partial charge in [-0.2, -0.15) is 0 Å². The van der Waals surface area contributed by atoms with E-state index in [4.69, 9.17) is 0 Å². The highest BCUT2D eigenvalue weighted by atomic mass is 32.2. The van der Waals surface area contributed by atoms with E-state index in [-0.39, 0.29) is 17.2 Å². The summed E-state index contributed by atoms with van der Waals surface area (Å²) in [6.07, 6.45) is 2.87. The van der Waals surface area contributed by atoms with E-state index >= 15 is 0 Å². The van der Waals surface area contributed by atoms with Crippen LogP contribution < -0.4 is 16.0 Å². The molecule has 128 valence electrons. The summed E-state index contributed by atoms with van der Waals surface area (Å²) in [4.78, 5) is 25.4. The number of hydrogen-bond donors (Lipinski definition) is 3. The molecule has 1 heterocycles. The van der Waals surface area contributed by atoms with Gasteiger partial charge in [0.05, 0.1) is 5.25 Å². The average molecular weight is 353 g/mol. The average Bonchev–Trinajstić information content (AvgIpc) is 3.30. The highest BCUT2D eigenvalue weighted by Crippen LogP contribution is 2.37. The lowest BCUT2D eigenvalue weighted by molar-refractivity contribution is -0.115. The third kappa shape index (κ3) is 3.96. The number of amides is 3. The number of carbonyl (C=O) groups excluding carboxylic acids is 2. The van der Waals surface area contributed by atoms with E-state index in [1.165, 1.54) is 10.5 Å². The summed E-state index contributed by atoms with van der Waals surface area (Å²) >= 11 is 1.61. The molecule has 1 atom stereocenters. The molecule has 4 rings (SSSR count). The van der Waals surface area contributed by atoms with Crippen molar-refractivity contribution in [1.82, 2.24) is 5.32 Å². The molecule has 2 aliphatic rings. The Morgan fingerprint density at radius 2 is 1.60 bits per heavy atom. The molecule has 0 radical (unpaired) electrons. The van der Waals surface area contributed by atoms with Gasteiger partial charge in [-0.05, 0) is 55.2 Å². The fraction of sp³-hybridized carbons (Fsp3) is 0.263. The van der Waals surface area contributed by atoms with Gasteiger partial charge >= 0.3 is 6.03 Å². The summed E-state index contributed by atoms with van der Waals surface area (Å²) in [6, 6.07) is 15.5. The molecule has 1 aliphatic carbocycles. The highest BCUT2D eigenvalue weighted by Gasteiger charge is 2.28. The quantitative estimate of drug-likeness (QED) is 0.786. The highest BCUT2D eigenvalue weighted by molar-refractivity contribution is 8.01. The predicted molar refractivity (Wildman–Crippen MR) is 100 cm³/mol. The molecule has 6 heteroatoms. The first-order chi connectivity index (χ1) is 12.2. The standard InChI is InChI=1S/C19H19N3O2S/c23-18(17-11-12-3-1-2-4-16(12)25-17)20-13-5-7-14(8-6-13)21-19(24)22-15-9-10-15/h1-8,15,17H,9-11H2,(H,20,23)(H2,21,22,24). The first-order valence-corrected chi connectivity index (χ1v) is 9.28. The number of benzene rings is 2. The first kappa shape index (κ1) is 16.0. The molecule has 0 spiro atoms. The van der Waals surface area contributed by atoms with Crippen molar-refractivity contribution in [3.63, 3.8) is 0 Å². The van der Waals surface area contributed by atoms with Gasteiger partial charge in [-0.25, -0.2) is 4.79 Å². The molecule has 0 aromatic heterocycles. The molecule has 25 heavy (non-hydrogen) atoms. The number of thioether (sulfide) groups is 1. The molecule has 5 nitrogen and oxygen atoms in total. The van der Waals surface area contributed by atoms with Crippen LogP contribution in [0.15, 0.2) is 53.4 Å². The maximum atomic E-state index is 12.5. The van der Waals surface area contributed by atoms with E-state index in [0.717, 1.165) is 24.9 Å². The number of hydrogen-bond acceptors (Lipinski definition) is 3. The van der Waals surface area contributed by atoms with Crippen LogP contribution in [0.2, 0.25) is 0 Å². The molecular formula is C19H19N3O2S. The zero-order valence-corrected chi connectivity index (χ0v) is 14.4. The molecule has 1 fully saturated rings. The molecule has 0 bridgehead atoms. The molecule has 2 aromatic carbocycles. The van der Waals surface area contributed by atoms with Crippen LogP contribution in [0.1, 0.15) is 18.4 Å². The van der Waals surface area contributed by atoms with Crippen LogP contribution in [-0.2, 0) is 11.2 Å². The molecule has 3 N–H and O–H groups in total. The van der Waals surface area contributed by atoms with Crippen LogP contribution in [0.25, 0.3) is 0 Å². The van der Waals surface area contributed by atoms with Crippen LogP contribution in [0.4, 0.5) is 16.2 Å². The van der Waals surface area contributed by atoms with Crippen LogP contribution in [0, 0.1) is 0 Å². The summed E-state index contributed by atoms with van der Waals surface area (Å²) in [5.74, 6) is 0.00776. The van der Waals surface area contributed by atoms with Crippen molar-refractivity contribution in [2.75, 3.05) is 10.6 Å². The van der Waals surface area contributed by atoms with Gasteiger partial charge in [0.2, 0.25) is 5.91 Å². The molecule has 2 aromatic rings. The fourth-order valence-corrected chi connectivity index (χ4v) is 3.96. The summed E-state index contributed by atoms with van der Waals surface area (Å²) in [5, 5.41) is 8.52. The fourth-order valence-electron chi connectivity index (χ4n) is 2.77. The van der Waals surface area contributed by atoms with Gasteiger partial charge in [0.15, 0.2) is 0 Å². The SMILES string of the molecule is O=C(Nc1ccc(NC(=O)C2Cc3ccccc3S2)cc1)NC1CC1. The topological polar surface area (TPSA) is 70.2 Å². The third-order valence-corrected chi connectivity index (χ3v) is 5.58. The van der Waals surface area contributed by atoms with Crippen molar-refractivity contribution in [2.45, 2.75) is 35.4 Å². The van der Waals surface area contributed by atoms with Crippen molar-refractivity contribution in [1.29, 1.82) is 0 Å². The van der Waals surface area contributed by atoms with E-state index in [9.17, 15) is 9.59 Å². The minimum Gasteiger partial charge on any atom is -0.335 e. The normalized spacial score (nSPS) is 18.3. The smallest absolute Gasteiger partial charge is 0.319 e. The Labute approximate surface area is 150 Å². The van der Waals surface area contributed by atoms with Crippen LogP contribution in [-0.4, -0.2) is 23.2 Å². The van der Waals surface area contributed by atoms with Crippen molar-refractivity contribution in [2.24, 2.45) is 0 Å². The number of nitrogens with one attached hydrogen (secondary N) is 3. The maximum Gasteiger partial charge on any atom is 0.319 e. The Bertz CT molecular complexity index is 778. The number of urea groups is 1. The molecular weight excluding hydrogens is 334 g/mol. The van der Waals surface area contributed by atoms with E-state index in [1.54, 1.807) is 36.0 Å². The number of fused-ring (bicyclic) bond motifs is 1. The van der Waals surface area contributed by atoms with Crippen molar-refractivity contribution in [3.05, 3.63) is 54.1 Å². The molecule has 3 amide bonds. The molecule has 1 saturated carbocycles. The zero-order valence-electron chi connectivity index (χ0n) is 13.6. The lowest BCUT2D eigenvalue weighted by Crippen LogP contribution is -2.30. The van der Waals surface area contributed by atoms with Crippen LogP contribution in [0.5, 0.6) is 0 Å². The van der Waals surface area contributed by atoms with Crippen molar-refractivity contribution >= 4 is 35.1 Å². The second-order valence-electron chi connectivity index (χ2n) is 6.36. The first-order valence-electron chi connectivity index (χ1n) is 8.40.